The number of hydrogen-bond donors (Lipinski definition) is 0. The number of aromatic nitrogens is 1. The van der Waals surface area contributed by atoms with Gasteiger partial charge in [0.15, 0.2) is 0 Å². The number of amides is 1. The highest BCUT2D eigenvalue weighted by Gasteiger charge is 2.32. The van der Waals surface area contributed by atoms with Crippen molar-refractivity contribution in [1.82, 2.24) is 9.88 Å². The van der Waals surface area contributed by atoms with E-state index in [0.29, 0.717) is 10.0 Å². The van der Waals surface area contributed by atoms with Crippen molar-refractivity contribution in [2.75, 3.05) is 6.54 Å². The lowest BCUT2D eigenvalue weighted by molar-refractivity contribution is -0.131. The maximum absolute atomic E-state index is 12.9. The van der Waals surface area contributed by atoms with Crippen LogP contribution in [-0.4, -0.2) is 27.6 Å². The number of nitrogens with zero attached hydrogens (tertiary/aromatic N) is 2. The van der Waals surface area contributed by atoms with Crippen LogP contribution in [0.25, 0.3) is 0 Å². The van der Waals surface area contributed by atoms with Gasteiger partial charge in [-0.1, -0.05) is 23.2 Å². The summed E-state index contributed by atoms with van der Waals surface area (Å²) in [5.74, 6) is 0.135. The first-order chi connectivity index (χ1) is 11.6. The summed E-state index contributed by atoms with van der Waals surface area (Å²) >= 11 is 13.7. The maximum atomic E-state index is 12.9. The van der Waals surface area contributed by atoms with Crippen LogP contribution in [0.3, 0.4) is 0 Å². The molecule has 1 aromatic heterocycles. The summed E-state index contributed by atoms with van der Waals surface area (Å²) in [6, 6.07) is 9.43. The summed E-state index contributed by atoms with van der Waals surface area (Å²) in [5.41, 5.74) is 1.15. The van der Waals surface area contributed by atoms with Crippen molar-refractivity contribution in [3.05, 3.63) is 58.3 Å². The molecule has 0 aliphatic carbocycles. The van der Waals surface area contributed by atoms with Gasteiger partial charge in [-0.2, -0.15) is 0 Å². The van der Waals surface area contributed by atoms with Gasteiger partial charge in [-0.15, -0.1) is 11.8 Å². The Labute approximate surface area is 156 Å². The second-order valence-electron chi connectivity index (χ2n) is 5.81. The van der Waals surface area contributed by atoms with Gasteiger partial charge in [0.05, 0.1) is 16.3 Å². The minimum absolute atomic E-state index is 0.135. The van der Waals surface area contributed by atoms with E-state index >= 15 is 0 Å². The van der Waals surface area contributed by atoms with Crippen molar-refractivity contribution in [3.63, 3.8) is 0 Å². The highest BCUT2D eigenvalue weighted by atomic mass is 35.5. The first-order valence-corrected chi connectivity index (χ1v) is 9.52. The molecule has 1 aliphatic heterocycles. The maximum Gasteiger partial charge on any atom is 0.236 e. The molecule has 6 heteroatoms. The van der Waals surface area contributed by atoms with E-state index in [1.807, 2.05) is 30.0 Å². The Kier molecular flexibility index (Phi) is 5.69. The second-order valence-corrected chi connectivity index (χ2v) is 8.03. The van der Waals surface area contributed by atoms with Crippen LogP contribution in [0, 0.1) is 0 Å². The number of hydrogen-bond acceptors (Lipinski definition) is 3. The zero-order chi connectivity index (χ0) is 17.1. The quantitative estimate of drug-likeness (QED) is 0.680. The molecule has 126 valence electrons. The van der Waals surface area contributed by atoms with Gasteiger partial charge in [0.2, 0.25) is 5.91 Å². The van der Waals surface area contributed by atoms with E-state index < -0.39 is 0 Å². The molecule has 24 heavy (non-hydrogen) atoms. The van der Waals surface area contributed by atoms with Crippen LogP contribution in [0.1, 0.15) is 31.4 Å². The monoisotopic (exact) mass is 380 g/mol. The molecular formula is C18H18Cl2N2OS. The molecule has 2 atom stereocenters. The topological polar surface area (TPSA) is 33.2 Å². The number of rotatable bonds is 4. The molecule has 0 N–H and O–H groups in total. The number of benzene rings is 1. The summed E-state index contributed by atoms with van der Waals surface area (Å²) in [6.45, 7) is 2.71. The van der Waals surface area contributed by atoms with Crippen molar-refractivity contribution < 1.29 is 4.79 Å². The SMILES string of the molecule is CC(Sc1cc(Cl)ccc1Cl)C(=O)N1CCCC1c1ccncc1. The Balaban J connectivity index is 1.74. The molecule has 1 amide bonds. The van der Waals surface area contributed by atoms with Gasteiger partial charge in [0.1, 0.15) is 0 Å². The standard InChI is InChI=1S/C18H18Cl2N2OS/c1-12(24-17-11-14(19)4-5-15(17)20)18(23)22-10-2-3-16(22)13-6-8-21-9-7-13/h4-9,11-12,16H,2-3,10H2,1H3. The molecule has 0 spiro atoms. The van der Waals surface area contributed by atoms with Crippen LogP contribution < -0.4 is 0 Å². The Morgan fingerprint density at radius 1 is 1.29 bits per heavy atom. The molecule has 1 aromatic carbocycles. The van der Waals surface area contributed by atoms with Crippen molar-refractivity contribution in [1.29, 1.82) is 0 Å². The van der Waals surface area contributed by atoms with Crippen molar-refractivity contribution in [3.8, 4) is 0 Å². The summed E-state index contributed by atoms with van der Waals surface area (Å²) in [5, 5.41) is 1.02. The summed E-state index contributed by atoms with van der Waals surface area (Å²) in [4.78, 5) is 19.8. The zero-order valence-electron chi connectivity index (χ0n) is 13.3. The average molecular weight is 381 g/mol. The number of carbonyl (C=O) groups is 1. The molecule has 0 bridgehead atoms. The highest BCUT2D eigenvalue weighted by Crippen LogP contribution is 2.37. The van der Waals surface area contributed by atoms with E-state index in [9.17, 15) is 4.79 Å². The summed E-state index contributed by atoms with van der Waals surface area (Å²) < 4.78 is 0. The Morgan fingerprint density at radius 3 is 2.79 bits per heavy atom. The molecule has 3 rings (SSSR count). The van der Waals surface area contributed by atoms with E-state index in [1.54, 1.807) is 24.5 Å². The van der Waals surface area contributed by atoms with Gasteiger partial charge in [0.25, 0.3) is 0 Å². The highest BCUT2D eigenvalue weighted by molar-refractivity contribution is 8.00. The second kappa shape index (κ2) is 7.77. The predicted molar refractivity (Wildman–Crippen MR) is 99.7 cm³/mol. The number of pyridine rings is 1. The fourth-order valence-electron chi connectivity index (χ4n) is 3.00. The van der Waals surface area contributed by atoms with E-state index in [4.69, 9.17) is 23.2 Å². The van der Waals surface area contributed by atoms with Gasteiger partial charge >= 0.3 is 0 Å². The predicted octanol–water partition coefficient (Wildman–Crippen LogP) is 5.23. The van der Waals surface area contributed by atoms with Gasteiger partial charge in [-0.25, -0.2) is 0 Å². The van der Waals surface area contributed by atoms with Gasteiger partial charge < -0.3 is 4.90 Å². The third-order valence-corrected chi connectivity index (χ3v) is 6.00. The van der Waals surface area contributed by atoms with E-state index in [0.717, 1.165) is 29.8 Å². The van der Waals surface area contributed by atoms with Crippen molar-refractivity contribution in [2.24, 2.45) is 0 Å². The zero-order valence-corrected chi connectivity index (χ0v) is 15.6. The Morgan fingerprint density at radius 2 is 2.04 bits per heavy atom. The lowest BCUT2D eigenvalue weighted by Crippen LogP contribution is -2.36. The first kappa shape index (κ1) is 17.6. The smallest absolute Gasteiger partial charge is 0.236 e. The molecule has 2 aromatic rings. The molecule has 2 unspecified atom stereocenters. The normalized spacial score (nSPS) is 18.6. The van der Waals surface area contributed by atoms with Crippen LogP contribution in [0.15, 0.2) is 47.6 Å². The summed E-state index contributed by atoms with van der Waals surface area (Å²) in [7, 11) is 0. The fourth-order valence-corrected chi connectivity index (χ4v) is 4.49. The van der Waals surface area contributed by atoms with Crippen LogP contribution >= 0.6 is 35.0 Å². The molecule has 0 saturated carbocycles. The van der Waals surface area contributed by atoms with E-state index in [-0.39, 0.29) is 17.2 Å². The Bertz CT molecular complexity index is 726. The van der Waals surface area contributed by atoms with Crippen LogP contribution in [0.2, 0.25) is 10.0 Å². The molecule has 2 heterocycles. The number of carbonyl (C=O) groups excluding carboxylic acids is 1. The van der Waals surface area contributed by atoms with Gasteiger partial charge in [-0.05, 0) is 55.7 Å². The molecule has 1 fully saturated rings. The van der Waals surface area contributed by atoms with Crippen molar-refractivity contribution >= 4 is 40.9 Å². The van der Waals surface area contributed by atoms with Gasteiger partial charge in [-0.3, -0.25) is 9.78 Å². The number of likely N-dealkylation sites (tertiary alicyclic amines) is 1. The molecular weight excluding hydrogens is 363 g/mol. The summed E-state index contributed by atoms with van der Waals surface area (Å²) in [6.07, 6.45) is 5.57. The molecule has 3 nitrogen and oxygen atoms in total. The largest absolute Gasteiger partial charge is 0.335 e. The number of halogens is 2. The average Bonchev–Trinajstić information content (AvgIpc) is 3.08. The third kappa shape index (κ3) is 3.88. The molecule has 0 radical (unpaired) electrons. The van der Waals surface area contributed by atoms with Crippen molar-refractivity contribution in [2.45, 2.75) is 36.0 Å². The van der Waals surface area contributed by atoms with E-state index in [2.05, 4.69) is 4.98 Å². The Hall–Kier alpha value is -1.23. The number of thioether (sulfide) groups is 1. The lowest BCUT2D eigenvalue weighted by Gasteiger charge is -2.27. The van der Waals surface area contributed by atoms with Crippen LogP contribution in [0.4, 0.5) is 0 Å². The van der Waals surface area contributed by atoms with Gasteiger partial charge in [0, 0.05) is 28.9 Å². The first-order valence-electron chi connectivity index (χ1n) is 7.88. The lowest BCUT2D eigenvalue weighted by atomic mass is 10.1. The molecule has 1 saturated heterocycles. The fraction of sp³-hybridized carbons (Fsp3) is 0.333. The minimum Gasteiger partial charge on any atom is -0.335 e. The van der Waals surface area contributed by atoms with Crippen LogP contribution in [0.5, 0.6) is 0 Å². The molecule has 1 aliphatic rings. The van der Waals surface area contributed by atoms with Crippen LogP contribution in [-0.2, 0) is 4.79 Å². The van der Waals surface area contributed by atoms with E-state index in [1.165, 1.54) is 11.8 Å². The third-order valence-electron chi connectivity index (χ3n) is 4.17. The minimum atomic E-state index is -0.219.